The zero-order valence-corrected chi connectivity index (χ0v) is 17.7. The van der Waals surface area contributed by atoms with Gasteiger partial charge in [-0.3, -0.25) is 9.78 Å². The van der Waals surface area contributed by atoms with Crippen LogP contribution in [0.3, 0.4) is 0 Å². The van der Waals surface area contributed by atoms with Gasteiger partial charge in [0, 0.05) is 18.8 Å². The Morgan fingerprint density at radius 1 is 1.06 bits per heavy atom. The summed E-state index contributed by atoms with van der Waals surface area (Å²) in [4.78, 5) is 28.1. The van der Waals surface area contributed by atoms with Gasteiger partial charge < -0.3 is 15.2 Å². The van der Waals surface area contributed by atoms with E-state index in [-0.39, 0.29) is 24.5 Å². The first kappa shape index (κ1) is 21.6. The molecular weight excluding hydrogens is 404 g/mol. The Morgan fingerprint density at radius 3 is 2.62 bits per heavy atom. The third-order valence-corrected chi connectivity index (χ3v) is 5.82. The van der Waals surface area contributed by atoms with Crippen LogP contribution >= 0.6 is 0 Å². The summed E-state index contributed by atoms with van der Waals surface area (Å²) in [6, 6.07) is 19.2. The number of carbonyl (C=O) groups is 2. The van der Waals surface area contributed by atoms with Crippen LogP contribution < -0.4 is 10.1 Å². The van der Waals surface area contributed by atoms with Crippen LogP contribution in [-0.2, 0) is 22.4 Å². The lowest BCUT2D eigenvalue weighted by atomic mass is 9.81. The summed E-state index contributed by atoms with van der Waals surface area (Å²) in [5, 5.41) is 12.1. The van der Waals surface area contributed by atoms with Gasteiger partial charge in [0.1, 0.15) is 5.75 Å². The molecule has 1 aliphatic rings. The molecule has 0 bridgehead atoms. The normalized spacial score (nSPS) is 15.9. The monoisotopic (exact) mass is 430 g/mol. The maximum absolute atomic E-state index is 13.0. The second kappa shape index (κ2) is 10.1. The number of nitrogens with one attached hydrogen (secondary N) is 1. The van der Waals surface area contributed by atoms with Crippen molar-refractivity contribution in [2.24, 2.45) is 5.92 Å². The first-order valence-electron chi connectivity index (χ1n) is 10.8. The van der Waals surface area contributed by atoms with Crippen LogP contribution in [0.1, 0.15) is 41.1 Å². The van der Waals surface area contributed by atoms with E-state index in [0.717, 1.165) is 41.5 Å². The Bertz CT molecular complexity index is 1030. The number of nitrogens with zero attached hydrogens (tertiary/aromatic N) is 1. The number of benzene rings is 2. The number of aromatic nitrogens is 1. The first-order chi connectivity index (χ1) is 15.6. The van der Waals surface area contributed by atoms with Crippen molar-refractivity contribution in [1.82, 2.24) is 10.3 Å². The van der Waals surface area contributed by atoms with Gasteiger partial charge in [0.05, 0.1) is 6.04 Å². The molecule has 1 heterocycles. The summed E-state index contributed by atoms with van der Waals surface area (Å²) >= 11 is 0. The highest BCUT2D eigenvalue weighted by molar-refractivity contribution is 5.77. The summed E-state index contributed by atoms with van der Waals surface area (Å²) in [6.07, 6.45) is 6.35. The van der Waals surface area contributed by atoms with Crippen molar-refractivity contribution in [3.05, 3.63) is 95.3 Å². The Morgan fingerprint density at radius 2 is 1.88 bits per heavy atom. The van der Waals surface area contributed by atoms with Crippen molar-refractivity contribution >= 4 is 11.9 Å². The lowest BCUT2D eigenvalue weighted by Crippen LogP contribution is -2.32. The molecule has 1 aromatic heterocycles. The fourth-order valence-electron chi connectivity index (χ4n) is 4.33. The fraction of sp³-hybridized carbons (Fsp3) is 0.269. The van der Waals surface area contributed by atoms with Crippen molar-refractivity contribution in [2.75, 3.05) is 6.61 Å². The van der Waals surface area contributed by atoms with Crippen LogP contribution in [-0.4, -0.2) is 28.6 Å². The minimum atomic E-state index is -0.991. The van der Waals surface area contributed by atoms with Gasteiger partial charge in [-0.15, -0.1) is 0 Å². The lowest BCUT2D eigenvalue weighted by molar-refractivity contribution is -0.139. The molecule has 32 heavy (non-hydrogen) atoms. The van der Waals surface area contributed by atoms with E-state index in [4.69, 9.17) is 9.84 Å². The predicted octanol–water partition coefficient (Wildman–Crippen LogP) is 3.95. The third-order valence-electron chi connectivity index (χ3n) is 5.82. The van der Waals surface area contributed by atoms with Gasteiger partial charge in [-0.05, 0) is 59.6 Å². The standard InChI is InChI=1S/C26H26N2O4/c29-24(28-26(19-6-2-1-3-7-19)21-9-5-13-27-16-21)15-18-11-12-22-20(14-18)8-4-10-23(22)32-17-25(30)31/h1-10,13,16,18,26H,11-12,14-15,17H2,(H,28,29)(H,30,31). The number of aliphatic carboxylic acids is 1. The maximum Gasteiger partial charge on any atom is 0.341 e. The zero-order chi connectivity index (χ0) is 22.3. The average molecular weight is 431 g/mol. The van der Waals surface area contributed by atoms with Crippen molar-refractivity contribution in [3.8, 4) is 5.75 Å². The molecule has 3 aromatic rings. The number of rotatable bonds is 8. The van der Waals surface area contributed by atoms with Gasteiger partial charge in [-0.1, -0.05) is 48.5 Å². The number of fused-ring (bicyclic) bond motifs is 1. The maximum atomic E-state index is 13.0. The molecule has 0 fully saturated rings. The molecule has 6 nitrogen and oxygen atoms in total. The van der Waals surface area contributed by atoms with Crippen LogP contribution in [0.4, 0.5) is 0 Å². The second-order valence-electron chi connectivity index (χ2n) is 8.09. The molecule has 1 amide bonds. The number of carboxylic acids is 1. The predicted molar refractivity (Wildman–Crippen MR) is 120 cm³/mol. The number of ether oxygens (including phenoxy) is 1. The van der Waals surface area contributed by atoms with E-state index < -0.39 is 5.97 Å². The molecule has 0 saturated carbocycles. The van der Waals surface area contributed by atoms with E-state index in [1.165, 1.54) is 0 Å². The summed E-state index contributed by atoms with van der Waals surface area (Å²) in [5.41, 5.74) is 4.15. The highest BCUT2D eigenvalue weighted by Crippen LogP contribution is 2.33. The zero-order valence-electron chi connectivity index (χ0n) is 17.7. The number of carbonyl (C=O) groups excluding carboxylic acids is 1. The topological polar surface area (TPSA) is 88.5 Å². The molecule has 2 unspecified atom stereocenters. The molecule has 0 spiro atoms. The molecule has 2 N–H and O–H groups in total. The van der Waals surface area contributed by atoms with Crippen LogP contribution in [0.5, 0.6) is 5.75 Å². The average Bonchev–Trinajstić information content (AvgIpc) is 2.82. The third kappa shape index (κ3) is 5.32. The summed E-state index contributed by atoms with van der Waals surface area (Å²) < 4.78 is 5.45. The molecule has 2 atom stereocenters. The molecule has 2 aromatic carbocycles. The van der Waals surface area contributed by atoms with Crippen molar-refractivity contribution in [1.29, 1.82) is 0 Å². The van der Waals surface area contributed by atoms with Gasteiger partial charge in [0.2, 0.25) is 5.91 Å². The van der Waals surface area contributed by atoms with E-state index in [2.05, 4.69) is 10.3 Å². The fourth-order valence-corrected chi connectivity index (χ4v) is 4.33. The SMILES string of the molecule is O=C(O)COc1cccc2c1CCC(CC(=O)NC(c1ccccc1)c1cccnc1)C2. The number of carboxylic acid groups (broad SMARTS) is 1. The first-order valence-corrected chi connectivity index (χ1v) is 10.8. The Hall–Kier alpha value is -3.67. The summed E-state index contributed by atoms with van der Waals surface area (Å²) in [5.74, 6) is -0.125. The Kier molecular flexibility index (Phi) is 6.80. The van der Waals surface area contributed by atoms with Gasteiger partial charge in [-0.25, -0.2) is 4.79 Å². The molecule has 6 heteroatoms. The van der Waals surface area contributed by atoms with Gasteiger partial charge in [-0.2, -0.15) is 0 Å². The smallest absolute Gasteiger partial charge is 0.341 e. The van der Waals surface area contributed by atoms with Crippen molar-refractivity contribution in [2.45, 2.75) is 31.7 Å². The number of hydrogen-bond donors (Lipinski definition) is 2. The van der Waals surface area contributed by atoms with E-state index in [9.17, 15) is 9.59 Å². The largest absolute Gasteiger partial charge is 0.482 e. The summed E-state index contributed by atoms with van der Waals surface area (Å²) in [6.45, 7) is -0.350. The van der Waals surface area contributed by atoms with Gasteiger partial charge in [0.25, 0.3) is 0 Å². The highest BCUT2D eigenvalue weighted by Gasteiger charge is 2.25. The molecular formula is C26H26N2O4. The minimum absolute atomic E-state index is 0.00874. The summed E-state index contributed by atoms with van der Waals surface area (Å²) in [7, 11) is 0. The molecule has 0 aliphatic heterocycles. The van der Waals surface area contributed by atoms with E-state index in [1.807, 2.05) is 60.7 Å². The van der Waals surface area contributed by atoms with Crippen molar-refractivity contribution in [3.63, 3.8) is 0 Å². The van der Waals surface area contributed by atoms with Gasteiger partial charge >= 0.3 is 5.97 Å². The molecule has 0 saturated heterocycles. The van der Waals surface area contributed by atoms with Crippen LogP contribution in [0.2, 0.25) is 0 Å². The Balaban J connectivity index is 1.43. The molecule has 4 rings (SSSR count). The van der Waals surface area contributed by atoms with E-state index >= 15 is 0 Å². The molecule has 1 aliphatic carbocycles. The molecule has 0 radical (unpaired) electrons. The van der Waals surface area contributed by atoms with Gasteiger partial charge in [0.15, 0.2) is 6.61 Å². The number of pyridine rings is 1. The van der Waals surface area contributed by atoms with Crippen LogP contribution in [0.15, 0.2) is 73.1 Å². The van der Waals surface area contributed by atoms with Crippen LogP contribution in [0, 0.1) is 5.92 Å². The quantitative estimate of drug-likeness (QED) is 0.565. The second-order valence-corrected chi connectivity index (χ2v) is 8.09. The minimum Gasteiger partial charge on any atom is -0.482 e. The number of hydrogen-bond acceptors (Lipinski definition) is 4. The van der Waals surface area contributed by atoms with E-state index in [0.29, 0.717) is 12.2 Å². The number of amides is 1. The lowest BCUT2D eigenvalue weighted by Gasteiger charge is -2.27. The molecule has 164 valence electrons. The Labute approximate surface area is 187 Å². The highest BCUT2D eigenvalue weighted by atomic mass is 16.5. The van der Waals surface area contributed by atoms with E-state index in [1.54, 1.807) is 12.4 Å². The van der Waals surface area contributed by atoms with Crippen molar-refractivity contribution < 1.29 is 19.4 Å². The van der Waals surface area contributed by atoms with Crippen LogP contribution in [0.25, 0.3) is 0 Å².